The van der Waals surface area contributed by atoms with Crippen molar-refractivity contribution >= 4 is 27.8 Å². The number of anilines is 1. The summed E-state index contributed by atoms with van der Waals surface area (Å²) in [5, 5.41) is 6.30. The maximum atomic E-state index is 12.8. The normalized spacial score (nSPS) is 15.6. The van der Waals surface area contributed by atoms with Crippen molar-refractivity contribution in [3.63, 3.8) is 0 Å². The lowest BCUT2D eigenvalue weighted by Gasteiger charge is -2.22. The van der Waals surface area contributed by atoms with Crippen molar-refractivity contribution in [1.82, 2.24) is 24.7 Å². The average molecular weight is 368 g/mol. The summed E-state index contributed by atoms with van der Waals surface area (Å²) in [6.07, 6.45) is 3.15. The standard InChI is InChI=1S/C18H17FN6O2/c19-27-13-3-1-2-10-8-12(23-15(10)13)16-14-17(20)21-9-22-18(14)25(24-16)11-4-6-26-7-5-11/h1-3,8-9,11,23H,4-7H2,(H2,20,21,22). The highest BCUT2D eigenvalue weighted by atomic mass is 19.3. The first-order chi connectivity index (χ1) is 13.3. The van der Waals surface area contributed by atoms with E-state index in [1.165, 1.54) is 6.33 Å². The Morgan fingerprint density at radius 2 is 2.11 bits per heavy atom. The number of hydrogen-bond acceptors (Lipinski definition) is 6. The van der Waals surface area contributed by atoms with Crippen LogP contribution in [0.5, 0.6) is 5.75 Å². The molecule has 0 aliphatic carbocycles. The molecular formula is C18H17FN6O2. The molecule has 4 heterocycles. The largest absolute Gasteiger partial charge is 0.383 e. The van der Waals surface area contributed by atoms with E-state index < -0.39 is 0 Å². The summed E-state index contributed by atoms with van der Waals surface area (Å²) in [7, 11) is 0. The molecule has 1 saturated heterocycles. The van der Waals surface area contributed by atoms with Gasteiger partial charge >= 0.3 is 0 Å². The number of hydrogen-bond donors (Lipinski definition) is 2. The topological polar surface area (TPSA) is 104 Å². The number of rotatable bonds is 3. The van der Waals surface area contributed by atoms with Gasteiger partial charge in [0, 0.05) is 23.1 Å². The van der Waals surface area contributed by atoms with Gasteiger partial charge in [-0.2, -0.15) is 5.10 Å². The number of nitrogens with two attached hydrogens (primary N) is 1. The summed E-state index contributed by atoms with van der Waals surface area (Å²) in [6, 6.07) is 7.22. The van der Waals surface area contributed by atoms with Gasteiger partial charge in [-0.25, -0.2) is 14.6 Å². The second kappa shape index (κ2) is 6.20. The third-order valence-electron chi connectivity index (χ3n) is 5.01. The van der Waals surface area contributed by atoms with Crippen LogP contribution in [-0.4, -0.2) is 37.9 Å². The van der Waals surface area contributed by atoms with Gasteiger partial charge in [-0.05, 0) is 25.0 Å². The van der Waals surface area contributed by atoms with Crippen molar-refractivity contribution in [3.8, 4) is 17.1 Å². The van der Waals surface area contributed by atoms with Crippen LogP contribution in [0.25, 0.3) is 33.3 Å². The Bertz CT molecular complexity index is 1130. The van der Waals surface area contributed by atoms with Gasteiger partial charge in [0.25, 0.3) is 0 Å². The van der Waals surface area contributed by atoms with Crippen LogP contribution in [0.2, 0.25) is 0 Å². The molecule has 0 radical (unpaired) electrons. The van der Waals surface area contributed by atoms with Crippen LogP contribution < -0.4 is 10.7 Å². The molecule has 1 aliphatic rings. The molecule has 1 fully saturated rings. The zero-order valence-corrected chi connectivity index (χ0v) is 14.4. The number of aromatic nitrogens is 5. The fourth-order valence-corrected chi connectivity index (χ4v) is 3.69. The number of ether oxygens (including phenoxy) is 1. The molecule has 138 valence electrons. The van der Waals surface area contributed by atoms with Crippen LogP contribution >= 0.6 is 0 Å². The maximum Gasteiger partial charge on any atom is 0.195 e. The number of aromatic amines is 1. The monoisotopic (exact) mass is 368 g/mol. The summed E-state index contributed by atoms with van der Waals surface area (Å²) in [5.74, 6) is 0.477. The quantitative estimate of drug-likeness (QED) is 0.576. The van der Waals surface area contributed by atoms with E-state index in [4.69, 9.17) is 15.6 Å². The first kappa shape index (κ1) is 16.0. The van der Waals surface area contributed by atoms with Crippen molar-refractivity contribution in [3.05, 3.63) is 30.6 Å². The van der Waals surface area contributed by atoms with Gasteiger partial charge in [-0.3, -0.25) is 4.94 Å². The van der Waals surface area contributed by atoms with Gasteiger partial charge in [0.15, 0.2) is 11.4 Å². The number of para-hydroxylation sites is 1. The first-order valence-electron chi connectivity index (χ1n) is 8.73. The number of nitrogens with zero attached hydrogens (tertiary/aromatic N) is 4. The Balaban J connectivity index is 1.73. The number of halogens is 1. The molecular weight excluding hydrogens is 351 g/mol. The van der Waals surface area contributed by atoms with E-state index in [1.807, 2.05) is 16.8 Å². The molecule has 0 bridgehead atoms. The molecule has 4 aromatic rings. The molecule has 0 spiro atoms. The number of benzene rings is 1. The second-order valence-corrected chi connectivity index (χ2v) is 6.57. The van der Waals surface area contributed by atoms with E-state index in [1.54, 1.807) is 12.1 Å². The van der Waals surface area contributed by atoms with Gasteiger partial charge in [-0.1, -0.05) is 12.1 Å². The lowest BCUT2D eigenvalue weighted by Crippen LogP contribution is -2.20. The smallest absolute Gasteiger partial charge is 0.195 e. The van der Waals surface area contributed by atoms with E-state index >= 15 is 0 Å². The van der Waals surface area contributed by atoms with E-state index in [9.17, 15) is 4.53 Å². The molecule has 27 heavy (non-hydrogen) atoms. The zero-order chi connectivity index (χ0) is 18.4. The predicted octanol–water partition coefficient (Wildman–Crippen LogP) is 3.17. The average Bonchev–Trinajstić information content (AvgIpc) is 3.30. The fraction of sp³-hybridized carbons (Fsp3) is 0.278. The minimum atomic E-state index is 0.121. The number of nitrogens with one attached hydrogen (secondary N) is 1. The molecule has 3 N–H and O–H groups in total. The molecule has 9 heteroatoms. The molecule has 0 unspecified atom stereocenters. The Morgan fingerprint density at radius 3 is 2.93 bits per heavy atom. The van der Waals surface area contributed by atoms with Crippen LogP contribution in [0.15, 0.2) is 30.6 Å². The van der Waals surface area contributed by atoms with Crippen LogP contribution in [0.3, 0.4) is 0 Å². The van der Waals surface area contributed by atoms with Crippen LogP contribution in [0.1, 0.15) is 18.9 Å². The van der Waals surface area contributed by atoms with E-state index in [0.717, 1.165) is 18.2 Å². The highest BCUT2D eigenvalue weighted by Gasteiger charge is 2.24. The van der Waals surface area contributed by atoms with Crippen molar-refractivity contribution in [1.29, 1.82) is 0 Å². The summed E-state index contributed by atoms with van der Waals surface area (Å²) in [5.41, 5.74) is 8.74. The summed E-state index contributed by atoms with van der Waals surface area (Å²) < 4.78 is 20.2. The van der Waals surface area contributed by atoms with Crippen molar-refractivity contribution in [2.24, 2.45) is 0 Å². The SMILES string of the molecule is Nc1ncnc2c1c(-c1cc3cccc(OF)c3[nH]1)nn2C1CCOCC1. The van der Waals surface area contributed by atoms with Gasteiger partial charge in [0.2, 0.25) is 0 Å². The predicted molar refractivity (Wildman–Crippen MR) is 97.9 cm³/mol. The molecule has 8 nitrogen and oxygen atoms in total. The van der Waals surface area contributed by atoms with Gasteiger partial charge in [0.05, 0.1) is 22.6 Å². The van der Waals surface area contributed by atoms with Crippen molar-refractivity contribution < 1.29 is 14.2 Å². The molecule has 5 rings (SSSR count). The van der Waals surface area contributed by atoms with Crippen LogP contribution in [-0.2, 0) is 4.74 Å². The molecule has 0 atom stereocenters. The molecule has 0 amide bonds. The summed E-state index contributed by atoms with van der Waals surface area (Å²) >= 11 is 0. The second-order valence-electron chi connectivity index (χ2n) is 6.57. The third kappa shape index (κ3) is 2.50. The Hall–Kier alpha value is -3.20. The highest BCUT2D eigenvalue weighted by Crippen LogP contribution is 2.36. The lowest BCUT2D eigenvalue weighted by molar-refractivity contribution is -0.00444. The minimum Gasteiger partial charge on any atom is -0.383 e. The summed E-state index contributed by atoms with van der Waals surface area (Å²) in [4.78, 5) is 15.7. The van der Waals surface area contributed by atoms with Gasteiger partial charge < -0.3 is 15.5 Å². The number of H-pyrrole nitrogens is 1. The lowest BCUT2D eigenvalue weighted by atomic mass is 10.1. The molecule has 1 aliphatic heterocycles. The molecule has 3 aromatic heterocycles. The van der Waals surface area contributed by atoms with Crippen molar-refractivity contribution in [2.45, 2.75) is 18.9 Å². The molecule has 1 aromatic carbocycles. The van der Waals surface area contributed by atoms with Crippen LogP contribution in [0, 0.1) is 0 Å². The minimum absolute atomic E-state index is 0.121. The van der Waals surface area contributed by atoms with E-state index in [-0.39, 0.29) is 11.8 Å². The molecule has 0 saturated carbocycles. The van der Waals surface area contributed by atoms with Crippen LogP contribution in [0.4, 0.5) is 10.3 Å². The van der Waals surface area contributed by atoms with E-state index in [0.29, 0.717) is 47.0 Å². The number of fused-ring (bicyclic) bond motifs is 2. The Kier molecular flexibility index (Phi) is 3.68. The summed E-state index contributed by atoms with van der Waals surface area (Å²) in [6.45, 7) is 1.37. The van der Waals surface area contributed by atoms with Crippen molar-refractivity contribution in [2.75, 3.05) is 18.9 Å². The Labute approximate surface area is 153 Å². The van der Waals surface area contributed by atoms with Gasteiger partial charge in [-0.15, -0.1) is 0 Å². The van der Waals surface area contributed by atoms with Gasteiger partial charge in [0.1, 0.15) is 17.8 Å². The fourth-order valence-electron chi connectivity index (χ4n) is 3.69. The Morgan fingerprint density at radius 1 is 1.26 bits per heavy atom. The zero-order valence-electron chi connectivity index (χ0n) is 14.4. The third-order valence-corrected chi connectivity index (χ3v) is 5.01. The van der Waals surface area contributed by atoms with E-state index in [2.05, 4.69) is 19.9 Å². The first-order valence-corrected chi connectivity index (χ1v) is 8.73. The maximum absolute atomic E-state index is 12.8. The highest BCUT2D eigenvalue weighted by molar-refractivity contribution is 6.00. The number of nitrogen functional groups attached to an aromatic ring is 1.